The van der Waals surface area contributed by atoms with Crippen LogP contribution in [0.5, 0.6) is 0 Å². The van der Waals surface area contributed by atoms with Crippen LogP contribution in [0.1, 0.15) is 25.7 Å². The van der Waals surface area contributed by atoms with E-state index in [0.717, 1.165) is 19.4 Å². The highest BCUT2D eigenvalue weighted by atomic mass is 16.5. The van der Waals surface area contributed by atoms with Crippen LogP contribution >= 0.6 is 0 Å². The van der Waals surface area contributed by atoms with Gasteiger partial charge in [0.15, 0.2) is 0 Å². The number of morpholine rings is 1. The van der Waals surface area contributed by atoms with Gasteiger partial charge in [-0.25, -0.2) is 4.79 Å². The molecule has 0 aromatic rings. The summed E-state index contributed by atoms with van der Waals surface area (Å²) in [6.45, 7) is 2.84. The van der Waals surface area contributed by atoms with Crippen molar-refractivity contribution in [2.45, 2.75) is 37.8 Å². The van der Waals surface area contributed by atoms with Gasteiger partial charge in [-0.1, -0.05) is 12.8 Å². The van der Waals surface area contributed by atoms with Gasteiger partial charge in [0.25, 0.3) is 0 Å². The number of hydrogen-bond acceptors (Lipinski definition) is 3. The lowest BCUT2D eigenvalue weighted by atomic mass is 10.2. The van der Waals surface area contributed by atoms with Crippen molar-refractivity contribution in [1.29, 1.82) is 0 Å². The third kappa shape index (κ3) is 3.57. The molecule has 0 aromatic heterocycles. The molecule has 98 valence electrons. The van der Waals surface area contributed by atoms with Crippen molar-refractivity contribution >= 4 is 6.03 Å². The maximum absolute atomic E-state index is 12.0. The third-order valence-corrected chi connectivity index (χ3v) is 3.54. The molecular weight excluding hydrogens is 218 g/mol. The molecule has 1 aliphatic heterocycles. The maximum Gasteiger partial charge on any atom is 0.317 e. The number of nitrogens with zero attached hydrogens (tertiary/aromatic N) is 1. The Morgan fingerprint density at radius 3 is 2.88 bits per heavy atom. The zero-order chi connectivity index (χ0) is 12.1. The van der Waals surface area contributed by atoms with Crippen LogP contribution in [0.15, 0.2) is 0 Å². The van der Waals surface area contributed by atoms with Crippen LogP contribution in [0, 0.1) is 0 Å². The number of likely N-dealkylation sites (N-methyl/N-ethyl adjacent to an activating group) is 1. The summed E-state index contributed by atoms with van der Waals surface area (Å²) in [4.78, 5) is 13.9. The first-order valence-corrected chi connectivity index (χ1v) is 6.61. The van der Waals surface area contributed by atoms with Crippen LogP contribution < -0.4 is 10.6 Å². The number of nitrogens with one attached hydrogen (secondary N) is 2. The fourth-order valence-electron chi connectivity index (χ4n) is 2.59. The molecule has 1 aliphatic carbocycles. The second-order valence-electron chi connectivity index (χ2n) is 4.93. The first-order chi connectivity index (χ1) is 8.29. The van der Waals surface area contributed by atoms with Crippen molar-refractivity contribution in [1.82, 2.24) is 15.5 Å². The molecule has 2 fully saturated rings. The first kappa shape index (κ1) is 12.6. The van der Waals surface area contributed by atoms with Crippen LogP contribution in [0.25, 0.3) is 0 Å². The highest BCUT2D eigenvalue weighted by Crippen LogP contribution is 2.18. The molecule has 5 heteroatoms. The second kappa shape index (κ2) is 6.21. The third-order valence-electron chi connectivity index (χ3n) is 3.54. The van der Waals surface area contributed by atoms with Gasteiger partial charge in [-0.15, -0.1) is 0 Å². The molecule has 1 heterocycles. The van der Waals surface area contributed by atoms with E-state index in [2.05, 4.69) is 10.6 Å². The largest absolute Gasteiger partial charge is 0.373 e. The molecule has 1 saturated carbocycles. The molecule has 2 rings (SSSR count). The lowest BCUT2D eigenvalue weighted by Gasteiger charge is -2.33. The summed E-state index contributed by atoms with van der Waals surface area (Å²) in [5.41, 5.74) is 0. The van der Waals surface area contributed by atoms with Gasteiger partial charge in [0.1, 0.15) is 0 Å². The molecular formula is C12H23N3O2. The van der Waals surface area contributed by atoms with Crippen LogP contribution in [0.4, 0.5) is 4.79 Å². The molecule has 5 nitrogen and oxygen atoms in total. The smallest absolute Gasteiger partial charge is 0.317 e. The minimum absolute atomic E-state index is 0.0845. The quantitative estimate of drug-likeness (QED) is 0.759. The number of carbonyl (C=O) groups is 1. The molecule has 0 aromatic carbocycles. The second-order valence-corrected chi connectivity index (χ2v) is 4.93. The number of ether oxygens (including phenoxy) is 1. The summed E-state index contributed by atoms with van der Waals surface area (Å²) in [6.07, 6.45) is 4.89. The Balaban J connectivity index is 1.77. The van der Waals surface area contributed by atoms with Gasteiger partial charge in [-0.3, -0.25) is 0 Å². The Kier molecular flexibility index (Phi) is 4.62. The van der Waals surface area contributed by atoms with Crippen LogP contribution in [0.3, 0.4) is 0 Å². The summed E-state index contributed by atoms with van der Waals surface area (Å²) < 4.78 is 5.58. The molecule has 2 amide bonds. The van der Waals surface area contributed by atoms with Gasteiger partial charge in [0, 0.05) is 25.7 Å². The Bertz CT molecular complexity index is 252. The highest BCUT2D eigenvalue weighted by molar-refractivity contribution is 5.74. The summed E-state index contributed by atoms with van der Waals surface area (Å²) in [7, 11) is 1.90. The Morgan fingerprint density at radius 2 is 2.18 bits per heavy atom. The van der Waals surface area contributed by atoms with Crippen LogP contribution in [0.2, 0.25) is 0 Å². The topological polar surface area (TPSA) is 53.6 Å². The number of amides is 2. The van der Waals surface area contributed by atoms with Crippen molar-refractivity contribution in [3.63, 3.8) is 0 Å². The molecule has 2 aliphatic rings. The summed E-state index contributed by atoms with van der Waals surface area (Å²) >= 11 is 0. The molecule has 1 saturated heterocycles. The maximum atomic E-state index is 12.0. The van der Waals surface area contributed by atoms with E-state index in [0.29, 0.717) is 25.7 Å². The molecule has 2 N–H and O–H groups in total. The summed E-state index contributed by atoms with van der Waals surface area (Å²) in [5.74, 6) is 0. The van der Waals surface area contributed by atoms with Crippen molar-refractivity contribution in [3.8, 4) is 0 Å². The van der Waals surface area contributed by atoms with Gasteiger partial charge < -0.3 is 20.3 Å². The standard InChI is InChI=1S/C12H23N3O2/c1-13-8-11-9-15(6-7-17-11)12(16)14-10-4-2-3-5-10/h10-11,13H,2-9H2,1H3,(H,14,16). The van der Waals surface area contributed by atoms with E-state index in [4.69, 9.17) is 4.74 Å². The number of urea groups is 1. The van der Waals surface area contributed by atoms with E-state index < -0.39 is 0 Å². The van der Waals surface area contributed by atoms with E-state index in [1.54, 1.807) is 0 Å². The van der Waals surface area contributed by atoms with E-state index in [1.165, 1.54) is 12.8 Å². The van der Waals surface area contributed by atoms with Crippen LogP contribution in [-0.4, -0.2) is 56.4 Å². The SMILES string of the molecule is CNCC1CN(C(=O)NC2CCCC2)CCO1. The summed E-state index contributed by atoms with van der Waals surface area (Å²) in [5, 5.41) is 6.21. The van der Waals surface area contributed by atoms with Gasteiger partial charge >= 0.3 is 6.03 Å². The summed E-state index contributed by atoms with van der Waals surface area (Å²) in [6, 6.07) is 0.481. The molecule has 17 heavy (non-hydrogen) atoms. The number of hydrogen-bond donors (Lipinski definition) is 2. The molecule has 1 atom stereocenters. The van der Waals surface area contributed by atoms with E-state index in [1.807, 2.05) is 11.9 Å². The monoisotopic (exact) mass is 241 g/mol. The zero-order valence-corrected chi connectivity index (χ0v) is 10.6. The fourth-order valence-corrected chi connectivity index (χ4v) is 2.59. The molecule has 0 bridgehead atoms. The fraction of sp³-hybridized carbons (Fsp3) is 0.917. The highest BCUT2D eigenvalue weighted by Gasteiger charge is 2.26. The zero-order valence-electron chi connectivity index (χ0n) is 10.6. The van der Waals surface area contributed by atoms with Gasteiger partial charge in [-0.05, 0) is 19.9 Å². The number of carbonyl (C=O) groups excluding carboxylic acids is 1. The minimum atomic E-state index is 0.0845. The molecule has 0 spiro atoms. The predicted octanol–water partition coefficient (Wildman–Crippen LogP) is 0.559. The van der Waals surface area contributed by atoms with Crippen molar-refractivity contribution < 1.29 is 9.53 Å². The van der Waals surface area contributed by atoms with E-state index >= 15 is 0 Å². The van der Waals surface area contributed by atoms with Gasteiger partial charge in [-0.2, -0.15) is 0 Å². The average Bonchev–Trinajstić information content (AvgIpc) is 2.83. The molecule has 1 unspecified atom stereocenters. The Hall–Kier alpha value is -0.810. The lowest BCUT2D eigenvalue weighted by molar-refractivity contribution is -0.0123. The Morgan fingerprint density at radius 1 is 1.41 bits per heavy atom. The van der Waals surface area contributed by atoms with E-state index in [9.17, 15) is 4.79 Å². The normalized spacial score (nSPS) is 26.2. The average molecular weight is 241 g/mol. The van der Waals surface area contributed by atoms with Gasteiger partial charge in [0.2, 0.25) is 0 Å². The van der Waals surface area contributed by atoms with Crippen LogP contribution in [-0.2, 0) is 4.74 Å². The van der Waals surface area contributed by atoms with E-state index in [-0.39, 0.29) is 12.1 Å². The number of rotatable bonds is 3. The Labute approximate surface area is 103 Å². The minimum Gasteiger partial charge on any atom is -0.373 e. The first-order valence-electron chi connectivity index (χ1n) is 6.61. The van der Waals surface area contributed by atoms with Crippen molar-refractivity contribution in [2.24, 2.45) is 0 Å². The molecule has 0 radical (unpaired) electrons. The predicted molar refractivity (Wildman–Crippen MR) is 66.0 cm³/mol. The van der Waals surface area contributed by atoms with Crippen molar-refractivity contribution in [3.05, 3.63) is 0 Å². The van der Waals surface area contributed by atoms with Crippen molar-refractivity contribution in [2.75, 3.05) is 33.3 Å². The lowest BCUT2D eigenvalue weighted by Crippen LogP contribution is -2.53. The van der Waals surface area contributed by atoms with Gasteiger partial charge in [0.05, 0.1) is 12.7 Å².